The Kier molecular flexibility index (Phi) is 7.24. The fourth-order valence-electron chi connectivity index (χ4n) is 3.19. The second kappa shape index (κ2) is 9.99. The van der Waals surface area contributed by atoms with E-state index in [1.165, 1.54) is 36.9 Å². The number of carboxylic acids is 1. The van der Waals surface area contributed by atoms with Gasteiger partial charge in [-0.1, -0.05) is 12.1 Å². The van der Waals surface area contributed by atoms with Gasteiger partial charge in [0.2, 0.25) is 0 Å². The number of alkyl halides is 3. The first-order valence-corrected chi connectivity index (χ1v) is 10.3. The Morgan fingerprint density at radius 3 is 2.42 bits per heavy atom. The standard InChI is InChI=1S/C21H17F3N6O5S/c1-10(26-27-20(36)25-13-7-8-14(19(32)33)15(9-13)30(34)35)16-18(31)17(29(2)28-16)11-3-5-12(6-4-11)21(22,23)24/h3-9,31H,1-2H3,(H,32,33)(H2,25,27,36)/b26-10+. The van der Waals surface area contributed by atoms with Crippen LogP contribution >= 0.6 is 12.2 Å². The van der Waals surface area contributed by atoms with E-state index in [-0.39, 0.29) is 33.6 Å². The molecule has 0 aliphatic heterocycles. The largest absolute Gasteiger partial charge is 0.504 e. The van der Waals surface area contributed by atoms with Gasteiger partial charge in [0.25, 0.3) is 5.69 Å². The number of carboxylic acid groups (broad SMARTS) is 1. The summed E-state index contributed by atoms with van der Waals surface area (Å²) in [6.07, 6.45) is -4.50. The third-order valence-electron chi connectivity index (χ3n) is 4.86. The third-order valence-corrected chi connectivity index (χ3v) is 5.05. The van der Waals surface area contributed by atoms with E-state index in [2.05, 4.69) is 20.9 Å². The fourth-order valence-corrected chi connectivity index (χ4v) is 3.35. The highest BCUT2D eigenvalue weighted by molar-refractivity contribution is 7.80. The minimum atomic E-state index is -4.50. The number of benzene rings is 2. The lowest BCUT2D eigenvalue weighted by atomic mass is 10.1. The number of hydrogen-bond donors (Lipinski definition) is 4. The van der Waals surface area contributed by atoms with Gasteiger partial charge in [-0.2, -0.15) is 23.4 Å². The lowest BCUT2D eigenvalue weighted by molar-refractivity contribution is -0.385. The molecule has 0 saturated carbocycles. The number of aromatic nitrogens is 2. The molecule has 0 bridgehead atoms. The number of hydrogen-bond acceptors (Lipinski definition) is 7. The molecule has 0 amide bonds. The first-order chi connectivity index (χ1) is 16.8. The van der Waals surface area contributed by atoms with Gasteiger partial charge in [-0.15, -0.1) is 0 Å². The van der Waals surface area contributed by atoms with Crippen LogP contribution in [0.1, 0.15) is 28.5 Å². The van der Waals surface area contributed by atoms with E-state index in [1.807, 2.05) is 0 Å². The number of nitrogens with zero attached hydrogens (tertiary/aromatic N) is 4. The molecule has 0 spiro atoms. The molecule has 0 aliphatic carbocycles. The zero-order chi connectivity index (χ0) is 26.8. The Morgan fingerprint density at radius 2 is 1.86 bits per heavy atom. The zero-order valence-corrected chi connectivity index (χ0v) is 19.3. The van der Waals surface area contributed by atoms with Crippen molar-refractivity contribution in [2.45, 2.75) is 13.1 Å². The van der Waals surface area contributed by atoms with E-state index in [9.17, 15) is 33.2 Å². The van der Waals surface area contributed by atoms with Crippen molar-refractivity contribution in [3.05, 3.63) is 69.4 Å². The van der Waals surface area contributed by atoms with Gasteiger partial charge in [-0.25, -0.2) is 4.79 Å². The first kappa shape index (κ1) is 26.1. The molecule has 2 aromatic carbocycles. The van der Waals surface area contributed by atoms with E-state index in [0.717, 1.165) is 24.3 Å². The van der Waals surface area contributed by atoms with Gasteiger partial charge in [0.05, 0.1) is 16.2 Å². The summed E-state index contributed by atoms with van der Waals surface area (Å²) >= 11 is 5.08. The summed E-state index contributed by atoms with van der Waals surface area (Å²) in [5.41, 5.74) is 1.30. The lowest BCUT2D eigenvalue weighted by Crippen LogP contribution is -2.25. The highest BCUT2D eigenvalue weighted by Crippen LogP contribution is 2.35. The van der Waals surface area contributed by atoms with Crippen molar-refractivity contribution >= 4 is 40.4 Å². The molecule has 0 atom stereocenters. The summed E-state index contributed by atoms with van der Waals surface area (Å²) < 4.78 is 39.8. The molecule has 0 unspecified atom stereocenters. The van der Waals surface area contributed by atoms with Crippen molar-refractivity contribution in [1.82, 2.24) is 15.2 Å². The number of nitrogens with one attached hydrogen (secondary N) is 2. The summed E-state index contributed by atoms with van der Waals surface area (Å²) in [5.74, 6) is -1.78. The summed E-state index contributed by atoms with van der Waals surface area (Å²) in [7, 11) is 1.50. The predicted molar refractivity (Wildman–Crippen MR) is 127 cm³/mol. The minimum absolute atomic E-state index is 0.0316. The normalized spacial score (nSPS) is 11.8. The molecular weight excluding hydrogens is 505 g/mol. The van der Waals surface area contributed by atoms with Crippen molar-refractivity contribution in [2.24, 2.45) is 12.1 Å². The van der Waals surface area contributed by atoms with Crippen molar-refractivity contribution in [2.75, 3.05) is 5.32 Å². The van der Waals surface area contributed by atoms with Crippen molar-refractivity contribution < 1.29 is 33.1 Å². The summed E-state index contributed by atoms with van der Waals surface area (Å²) in [4.78, 5) is 21.4. The van der Waals surface area contributed by atoms with Crippen molar-refractivity contribution in [3.8, 4) is 17.0 Å². The van der Waals surface area contributed by atoms with Crippen LogP contribution < -0.4 is 10.7 Å². The Hall–Kier alpha value is -4.53. The summed E-state index contributed by atoms with van der Waals surface area (Å²) in [6, 6.07) is 7.53. The van der Waals surface area contributed by atoms with Crippen LogP contribution in [0.3, 0.4) is 0 Å². The van der Waals surface area contributed by atoms with Crippen LogP contribution in [-0.2, 0) is 13.2 Å². The number of aromatic hydroxyl groups is 1. The number of rotatable bonds is 6. The second-order valence-electron chi connectivity index (χ2n) is 7.30. The molecule has 0 aliphatic rings. The maximum atomic E-state index is 12.8. The third kappa shape index (κ3) is 5.57. The van der Waals surface area contributed by atoms with Gasteiger partial charge < -0.3 is 15.5 Å². The van der Waals surface area contributed by atoms with Crippen LogP contribution in [-0.4, -0.2) is 41.7 Å². The number of anilines is 1. The number of nitro groups is 1. The maximum absolute atomic E-state index is 12.8. The molecule has 0 radical (unpaired) electrons. The molecule has 3 aromatic rings. The average molecular weight is 522 g/mol. The Bertz CT molecular complexity index is 1390. The predicted octanol–water partition coefficient (Wildman–Crippen LogP) is 4.13. The van der Waals surface area contributed by atoms with Crippen LogP contribution in [0, 0.1) is 10.1 Å². The highest BCUT2D eigenvalue weighted by atomic mass is 32.1. The molecule has 1 heterocycles. The van der Waals surface area contributed by atoms with Crippen molar-refractivity contribution in [3.63, 3.8) is 0 Å². The van der Waals surface area contributed by atoms with Gasteiger partial charge in [0.15, 0.2) is 16.6 Å². The monoisotopic (exact) mass is 522 g/mol. The fraction of sp³-hybridized carbons (Fsp3) is 0.143. The Morgan fingerprint density at radius 1 is 1.22 bits per heavy atom. The molecule has 36 heavy (non-hydrogen) atoms. The zero-order valence-electron chi connectivity index (χ0n) is 18.5. The number of nitro benzene ring substituents is 1. The van der Waals surface area contributed by atoms with E-state index in [0.29, 0.717) is 5.56 Å². The van der Waals surface area contributed by atoms with Crippen LogP contribution in [0.25, 0.3) is 11.3 Å². The molecule has 1 aromatic heterocycles. The molecule has 15 heteroatoms. The lowest BCUT2D eigenvalue weighted by Gasteiger charge is -2.08. The Labute approximate surface area is 206 Å². The molecule has 0 saturated heterocycles. The number of aromatic carboxylic acids is 1. The van der Waals surface area contributed by atoms with Crippen LogP contribution in [0.4, 0.5) is 24.5 Å². The number of thiocarbonyl (C=S) groups is 1. The van der Waals surface area contributed by atoms with Crippen LogP contribution in [0.15, 0.2) is 47.6 Å². The van der Waals surface area contributed by atoms with Gasteiger partial charge in [0, 0.05) is 24.4 Å². The average Bonchev–Trinajstić information content (AvgIpc) is 3.10. The summed E-state index contributed by atoms with van der Waals surface area (Å²) in [5, 5.41) is 41.5. The first-order valence-electron chi connectivity index (χ1n) is 9.86. The maximum Gasteiger partial charge on any atom is 0.416 e. The SMILES string of the molecule is C/C(=N\NC(=S)Nc1ccc(C(=O)O)c([N+](=O)[O-])c1)c1nn(C)c(-c2ccc(C(F)(F)F)cc2)c1O. The number of aryl methyl sites for hydroxylation is 1. The molecular formula is C21H17F3N6O5S. The molecule has 4 N–H and O–H groups in total. The second-order valence-corrected chi connectivity index (χ2v) is 7.71. The molecule has 188 valence electrons. The highest BCUT2D eigenvalue weighted by Gasteiger charge is 2.30. The molecule has 0 fully saturated rings. The van der Waals surface area contributed by atoms with Gasteiger partial charge >= 0.3 is 12.1 Å². The Balaban J connectivity index is 1.77. The number of halogens is 3. The smallest absolute Gasteiger partial charge is 0.416 e. The number of hydrazone groups is 1. The number of carbonyl (C=O) groups is 1. The topological polar surface area (TPSA) is 155 Å². The summed E-state index contributed by atoms with van der Waals surface area (Å²) in [6.45, 7) is 1.49. The minimum Gasteiger partial charge on any atom is -0.504 e. The van der Waals surface area contributed by atoms with Gasteiger partial charge in [0.1, 0.15) is 11.3 Å². The van der Waals surface area contributed by atoms with Gasteiger partial charge in [-0.3, -0.25) is 20.2 Å². The van der Waals surface area contributed by atoms with Crippen LogP contribution in [0.5, 0.6) is 5.75 Å². The van der Waals surface area contributed by atoms with Crippen molar-refractivity contribution in [1.29, 1.82) is 0 Å². The van der Waals surface area contributed by atoms with Gasteiger partial charge in [-0.05, 0) is 43.4 Å². The quantitative estimate of drug-likeness (QED) is 0.162. The van der Waals surface area contributed by atoms with E-state index in [4.69, 9.17) is 17.3 Å². The van der Waals surface area contributed by atoms with Crippen LogP contribution in [0.2, 0.25) is 0 Å². The van der Waals surface area contributed by atoms with E-state index < -0.39 is 33.9 Å². The molecule has 3 rings (SSSR count). The van der Waals surface area contributed by atoms with E-state index >= 15 is 0 Å². The van der Waals surface area contributed by atoms with E-state index in [1.54, 1.807) is 0 Å². The molecule has 11 nitrogen and oxygen atoms in total.